The van der Waals surface area contributed by atoms with E-state index in [1.54, 1.807) is 0 Å². The van der Waals surface area contributed by atoms with Gasteiger partial charge >= 0.3 is 0 Å². The Morgan fingerprint density at radius 2 is 1.81 bits per heavy atom. The van der Waals surface area contributed by atoms with Crippen LogP contribution in [0.15, 0.2) is 52.4 Å². The molecule has 7 nitrogen and oxygen atoms in total. The quantitative estimate of drug-likeness (QED) is 0.296. The number of nitrogens with two attached hydrogens (primary N) is 2. The van der Waals surface area contributed by atoms with Crippen molar-refractivity contribution in [1.82, 2.24) is 5.48 Å². The Balaban J connectivity index is 0.00000338. The maximum Gasteiger partial charge on any atom is 0.221 e. The third kappa shape index (κ3) is 7.16. The first-order valence-corrected chi connectivity index (χ1v) is 8.22. The lowest BCUT2D eigenvalue weighted by Gasteiger charge is -2.10. The van der Waals surface area contributed by atoms with Crippen molar-refractivity contribution in [2.24, 2.45) is 21.5 Å². The van der Waals surface area contributed by atoms with E-state index < -0.39 is 0 Å². The summed E-state index contributed by atoms with van der Waals surface area (Å²) < 4.78 is 5.83. The number of nitrogens with one attached hydrogen (secondary N) is 1. The maximum absolute atomic E-state index is 5.83. The van der Waals surface area contributed by atoms with E-state index in [0.717, 1.165) is 16.5 Å². The molecule has 0 spiro atoms. The molecule has 8 heteroatoms. The van der Waals surface area contributed by atoms with Crippen LogP contribution in [0.2, 0.25) is 0 Å². The van der Waals surface area contributed by atoms with E-state index in [4.69, 9.17) is 21.0 Å². The lowest BCUT2D eigenvalue weighted by Crippen LogP contribution is -2.34. The monoisotopic (exact) mass is 379 g/mol. The number of halogens is 1. The molecule has 0 heterocycles. The molecule has 0 saturated heterocycles. The van der Waals surface area contributed by atoms with E-state index in [1.165, 1.54) is 0 Å². The molecule has 5 N–H and O–H groups in total. The van der Waals surface area contributed by atoms with Crippen molar-refractivity contribution < 1.29 is 9.57 Å². The van der Waals surface area contributed by atoms with E-state index in [-0.39, 0.29) is 30.4 Å². The minimum Gasteiger partial charge on any atom is -0.493 e. The van der Waals surface area contributed by atoms with Crippen molar-refractivity contribution in [3.8, 4) is 5.75 Å². The van der Waals surface area contributed by atoms with Crippen molar-refractivity contribution in [3.63, 3.8) is 0 Å². The number of hydroxylamine groups is 1. The van der Waals surface area contributed by atoms with E-state index in [1.807, 2.05) is 44.2 Å². The largest absolute Gasteiger partial charge is 0.493 e. The number of nitrogens with zero attached hydrogens (tertiary/aromatic N) is 2. The summed E-state index contributed by atoms with van der Waals surface area (Å²) in [5.41, 5.74) is 13.8. The van der Waals surface area contributed by atoms with Gasteiger partial charge in [0.15, 0.2) is 0 Å². The summed E-state index contributed by atoms with van der Waals surface area (Å²) in [6.45, 7) is 4.75. The van der Waals surface area contributed by atoms with Crippen molar-refractivity contribution in [1.29, 1.82) is 0 Å². The molecule has 2 rings (SSSR count). The fourth-order valence-corrected chi connectivity index (χ4v) is 2.20. The van der Waals surface area contributed by atoms with Crippen LogP contribution < -0.4 is 21.7 Å². The van der Waals surface area contributed by atoms with Gasteiger partial charge in [0.2, 0.25) is 11.9 Å². The number of aliphatic imine (C=N–C) groups is 2. The first kappa shape index (κ1) is 21.5. The summed E-state index contributed by atoms with van der Waals surface area (Å²) in [7, 11) is 0. The van der Waals surface area contributed by atoms with Crippen LogP contribution in [0.1, 0.15) is 20.3 Å². The summed E-state index contributed by atoms with van der Waals surface area (Å²) >= 11 is 0. The zero-order chi connectivity index (χ0) is 18.1. The van der Waals surface area contributed by atoms with Gasteiger partial charge in [-0.25, -0.2) is 10.5 Å². The molecule has 0 atom stereocenters. The van der Waals surface area contributed by atoms with Crippen LogP contribution >= 0.6 is 12.4 Å². The van der Waals surface area contributed by atoms with Gasteiger partial charge in [-0.1, -0.05) is 36.4 Å². The molecule has 26 heavy (non-hydrogen) atoms. The Hall–Kier alpha value is -2.51. The van der Waals surface area contributed by atoms with Gasteiger partial charge in [0.05, 0.1) is 13.2 Å². The highest BCUT2D eigenvalue weighted by atomic mass is 35.5. The second kappa shape index (κ2) is 11.2. The van der Waals surface area contributed by atoms with Crippen LogP contribution in [0.5, 0.6) is 5.75 Å². The molecular weight excluding hydrogens is 354 g/mol. The second-order valence-electron chi connectivity index (χ2n) is 5.71. The van der Waals surface area contributed by atoms with Crippen LogP contribution in [0.4, 0.5) is 0 Å². The molecule has 0 aliphatic heterocycles. The Morgan fingerprint density at radius 1 is 1.08 bits per heavy atom. The van der Waals surface area contributed by atoms with Gasteiger partial charge in [0.25, 0.3) is 0 Å². The van der Waals surface area contributed by atoms with Gasteiger partial charge in [-0.2, -0.15) is 4.99 Å². The number of fused-ring (bicyclic) bond motifs is 1. The molecule has 0 radical (unpaired) electrons. The molecule has 142 valence electrons. The molecule has 0 aromatic heterocycles. The molecule has 0 aliphatic carbocycles. The van der Waals surface area contributed by atoms with Crippen molar-refractivity contribution >= 4 is 35.1 Å². The fourth-order valence-electron chi connectivity index (χ4n) is 2.20. The summed E-state index contributed by atoms with van der Waals surface area (Å²) in [4.78, 5) is 13.1. The third-order valence-corrected chi connectivity index (χ3v) is 3.20. The highest BCUT2D eigenvalue weighted by Crippen LogP contribution is 2.25. The molecule has 0 unspecified atom stereocenters. The average Bonchev–Trinajstić information content (AvgIpc) is 2.57. The molecule has 0 amide bonds. The SMILES string of the molecule is CC(C)N=C(N)N=C(N)NOCCCOc1cccc2ccccc12.Cl. The van der Waals surface area contributed by atoms with Crippen LogP contribution in [0, 0.1) is 0 Å². The van der Waals surface area contributed by atoms with Crippen molar-refractivity contribution in [3.05, 3.63) is 42.5 Å². The summed E-state index contributed by atoms with van der Waals surface area (Å²) in [6.07, 6.45) is 0.694. The average molecular weight is 380 g/mol. The lowest BCUT2D eigenvalue weighted by molar-refractivity contribution is 0.0740. The number of benzene rings is 2. The number of hydrogen-bond donors (Lipinski definition) is 3. The molecule has 0 saturated carbocycles. The van der Waals surface area contributed by atoms with Gasteiger partial charge in [-0.15, -0.1) is 12.4 Å². The van der Waals surface area contributed by atoms with E-state index >= 15 is 0 Å². The molecular formula is C18H26ClN5O2. The first-order valence-electron chi connectivity index (χ1n) is 8.22. The third-order valence-electron chi connectivity index (χ3n) is 3.20. The van der Waals surface area contributed by atoms with Gasteiger partial charge in [0, 0.05) is 17.8 Å². The summed E-state index contributed by atoms with van der Waals surface area (Å²) in [6, 6.07) is 14.2. The predicted molar refractivity (Wildman–Crippen MR) is 109 cm³/mol. The van der Waals surface area contributed by atoms with Crippen LogP contribution in [0.25, 0.3) is 10.8 Å². The Labute approximate surface area is 159 Å². The zero-order valence-corrected chi connectivity index (χ0v) is 15.8. The summed E-state index contributed by atoms with van der Waals surface area (Å²) in [5.74, 6) is 1.05. The molecule has 0 aliphatic rings. The first-order chi connectivity index (χ1) is 12.1. The van der Waals surface area contributed by atoms with Crippen LogP contribution in [-0.4, -0.2) is 31.2 Å². The van der Waals surface area contributed by atoms with Crippen molar-refractivity contribution in [2.45, 2.75) is 26.3 Å². The lowest BCUT2D eigenvalue weighted by atomic mass is 10.1. The number of hydrogen-bond acceptors (Lipinski definition) is 3. The Kier molecular flexibility index (Phi) is 9.25. The fraction of sp³-hybridized carbons (Fsp3) is 0.333. The normalized spacial score (nSPS) is 12.1. The smallest absolute Gasteiger partial charge is 0.221 e. The number of ether oxygens (including phenoxy) is 1. The topological polar surface area (TPSA) is 107 Å². The van der Waals surface area contributed by atoms with E-state index in [9.17, 15) is 0 Å². The highest BCUT2D eigenvalue weighted by molar-refractivity contribution is 5.92. The molecule has 2 aromatic carbocycles. The highest BCUT2D eigenvalue weighted by Gasteiger charge is 2.01. The summed E-state index contributed by atoms with van der Waals surface area (Å²) in [5, 5.41) is 2.25. The minimum atomic E-state index is 0. The minimum absolute atomic E-state index is 0. The number of guanidine groups is 2. The Bertz CT molecular complexity index is 744. The maximum atomic E-state index is 5.83. The van der Waals surface area contributed by atoms with Crippen LogP contribution in [0.3, 0.4) is 0 Å². The standard InChI is InChI=1S/C18H25N5O2.ClH/c1-13(2)21-17(19)22-18(20)23-25-12-6-11-24-16-10-5-8-14-7-3-4-9-15(14)16;/h3-5,7-10,13H,6,11-12H2,1-2H3,(H5,19,20,21,22,23);1H. The second-order valence-corrected chi connectivity index (χ2v) is 5.71. The molecule has 0 bridgehead atoms. The van der Waals surface area contributed by atoms with Crippen LogP contribution in [-0.2, 0) is 4.84 Å². The van der Waals surface area contributed by atoms with Gasteiger partial charge in [0.1, 0.15) is 5.75 Å². The number of rotatable bonds is 7. The zero-order valence-electron chi connectivity index (χ0n) is 15.0. The van der Waals surface area contributed by atoms with Gasteiger partial charge < -0.3 is 16.2 Å². The van der Waals surface area contributed by atoms with E-state index in [0.29, 0.717) is 19.6 Å². The van der Waals surface area contributed by atoms with Gasteiger partial charge in [-0.05, 0) is 25.3 Å². The Morgan fingerprint density at radius 3 is 2.58 bits per heavy atom. The van der Waals surface area contributed by atoms with Crippen molar-refractivity contribution in [2.75, 3.05) is 13.2 Å². The van der Waals surface area contributed by atoms with E-state index in [2.05, 4.69) is 27.6 Å². The van der Waals surface area contributed by atoms with Gasteiger partial charge in [-0.3, -0.25) is 4.84 Å². The molecule has 0 fully saturated rings. The molecule has 2 aromatic rings. The predicted octanol–water partition coefficient (Wildman–Crippen LogP) is 2.59.